The Bertz CT molecular complexity index is 642. The van der Waals surface area contributed by atoms with Gasteiger partial charge in [0, 0.05) is 6.54 Å². The van der Waals surface area contributed by atoms with Gasteiger partial charge < -0.3 is 5.11 Å². The number of nitrogens with one attached hydrogen (secondary N) is 1. The van der Waals surface area contributed by atoms with Crippen LogP contribution in [0.1, 0.15) is 48.7 Å². The van der Waals surface area contributed by atoms with Crippen LogP contribution in [0.2, 0.25) is 0 Å². The van der Waals surface area contributed by atoms with Gasteiger partial charge in [-0.1, -0.05) is 26.8 Å². The number of benzene rings is 1. The molecule has 118 valence electrons. The van der Waals surface area contributed by atoms with Crippen molar-refractivity contribution >= 4 is 16.0 Å². The van der Waals surface area contributed by atoms with Crippen LogP contribution >= 0.6 is 0 Å². The van der Waals surface area contributed by atoms with Gasteiger partial charge in [0.2, 0.25) is 10.0 Å². The number of carboxylic acid groups (broad SMARTS) is 1. The Morgan fingerprint density at radius 1 is 1.19 bits per heavy atom. The van der Waals surface area contributed by atoms with E-state index in [9.17, 15) is 13.2 Å². The molecule has 0 spiro atoms. The van der Waals surface area contributed by atoms with Crippen LogP contribution in [0.25, 0.3) is 0 Å². The van der Waals surface area contributed by atoms with Crippen LogP contribution in [0.5, 0.6) is 0 Å². The molecule has 0 bridgehead atoms. The summed E-state index contributed by atoms with van der Waals surface area (Å²) in [6, 6.07) is 2.81. The Morgan fingerprint density at radius 2 is 1.76 bits per heavy atom. The van der Waals surface area contributed by atoms with E-state index >= 15 is 0 Å². The third-order valence-electron chi connectivity index (χ3n) is 3.21. The zero-order valence-corrected chi connectivity index (χ0v) is 14.0. The van der Waals surface area contributed by atoms with Gasteiger partial charge in [0.05, 0.1) is 10.5 Å². The van der Waals surface area contributed by atoms with Crippen LogP contribution in [0.15, 0.2) is 17.0 Å². The molecule has 0 fully saturated rings. The molecule has 6 heteroatoms. The van der Waals surface area contributed by atoms with Gasteiger partial charge >= 0.3 is 5.97 Å². The molecule has 0 unspecified atom stereocenters. The molecule has 2 N–H and O–H groups in total. The Kier molecular flexibility index (Phi) is 5.17. The standard InChI is InChI=1S/C15H23NO4S/c1-10-8-11(2)13(9-12(10)14(17)18)21(19,20)16-7-6-15(3,4)5/h8-9,16H,6-7H2,1-5H3,(H,17,18). The smallest absolute Gasteiger partial charge is 0.335 e. The van der Waals surface area contributed by atoms with Crippen molar-refractivity contribution < 1.29 is 18.3 Å². The van der Waals surface area contributed by atoms with E-state index in [1.54, 1.807) is 19.9 Å². The van der Waals surface area contributed by atoms with Crippen LogP contribution in [-0.2, 0) is 10.0 Å². The molecular weight excluding hydrogens is 290 g/mol. The molecule has 5 nitrogen and oxygen atoms in total. The molecule has 0 amide bonds. The number of rotatable bonds is 5. The third kappa shape index (κ3) is 4.82. The number of hydrogen-bond donors (Lipinski definition) is 2. The number of aryl methyl sites for hydroxylation is 2. The quantitative estimate of drug-likeness (QED) is 0.875. The van der Waals surface area contributed by atoms with Crippen molar-refractivity contribution in [3.63, 3.8) is 0 Å². The molecular formula is C15H23NO4S. The summed E-state index contributed by atoms with van der Waals surface area (Å²) >= 11 is 0. The molecule has 21 heavy (non-hydrogen) atoms. The van der Waals surface area contributed by atoms with E-state index in [1.165, 1.54) is 6.07 Å². The van der Waals surface area contributed by atoms with Crippen molar-refractivity contribution in [2.45, 2.75) is 45.9 Å². The first-order valence-electron chi connectivity index (χ1n) is 6.78. The fourth-order valence-electron chi connectivity index (χ4n) is 1.99. The summed E-state index contributed by atoms with van der Waals surface area (Å²) in [4.78, 5) is 11.2. The Morgan fingerprint density at radius 3 is 2.24 bits per heavy atom. The van der Waals surface area contributed by atoms with E-state index in [4.69, 9.17) is 5.11 Å². The van der Waals surface area contributed by atoms with Gasteiger partial charge in [-0.05, 0) is 42.9 Å². The maximum absolute atomic E-state index is 12.3. The number of sulfonamides is 1. The van der Waals surface area contributed by atoms with Crippen molar-refractivity contribution in [3.8, 4) is 0 Å². The van der Waals surface area contributed by atoms with Crippen LogP contribution in [-0.4, -0.2) is 26.0 Å². The minimum atomic E-state index is -3.70. The predicted octanol–water partition coefficient (Wildman–Crippen LogP) is 2.72. The second-order valence-electron chi connectivity index (χ2n) is 6.45. The van der Waals surface area contributed by atoms with Crippen LogP contribution in [0.3, 0.4) is 0 Å². The number of hydrogen-bond acceptors (Lipinski definition) is 3. The van der Waals surface area contributed by atoms with Crippen LogP contribution < -0.4 is 4.72 Å². The lowest BCUT2D eigenvalue weighted by Gasteiger charge is -2.18. The number of aromatic carboxylic acids is 1. The molecule has 0 saturated carbocycles. The maximum Gasteiger partial charge on any atom is 0.335 e. The first-order valence-corrected chi connectivity index (χ1v) is 8.26. The van der Waals surface area contributed by atoms with Crippen molar-refractivity contribution in [3.05, 3.63) is 28.8 Å². The molecule has 1 aromatic rings. The third-order valence-corrected chi connectivity index (χ3v) is 4.81. The zero-order valence-electron chi connectivity index (χ0n) is 13.1. The van der Waals surface area contributed by atoms with Crippen molar-refractivity contribution in [2.24, 2.45) is 5.41 Å². The summed E-state index contributed by atoms with van der Waals surface area (Å²) in [7, 11) is -3.70. The zero-order chi connectivity index (χ0) is 16.4. The molecule has 0 saturated heterocycles. The molecule has 0 aromatic heterocycles. The molecule has 0 aliphatic rings. The van der Waals surface area contributed by atoms with Crippen LogP contribution in [0.4, 0.5) is 0 Å². The summed E-state index contributed by atoms with van der Waals surface area (Å²) in [5.74, 6) is -1.13. The number of carboxylic acids is 1. The van der Waals surface area contributed by atoms with E-state index in [0.29, 0.717) is 24.1 Å². The highest BCUT2D eigenvalue weighted by Gasteiger charge is 2.21. The minimum absolute atomic E-state index is 0.0109. The molecule has 1 rings (SSSR count). The van der Waals surface area contributed by atoms with Crippen molar-refractivity contribution in [1.29, 1.82) is 0 Å². The highest BCUT2D eigenvalue weighted by atomic mass is 32.2. The molecule has 0 aliphatic heterocycles. The van der Waals surface area contributed by atoms with Crippen LogP contribution in [0, 0.1) is 19.3 Å². The maximum atomic E-state index is 12.3. The molecule has 0 atom stereocenters. The topological polar surface area (TPSA) is 83.5 Å². The molecule has 0 radical (unpaired) electrons. The Labute approximate surface area is 126 Å². The number of carbonyl (C=O) groups is 1. The average molecular weight is 313 g/mol. The highest BCUT2D eigenvalue weighted by Crippen LogP contribution is 2.22. The lowest BCUT2D eigenvalue weighted by atomic mass is 9.93. The molecule has 1 aromatic carbocycles. The lowest BCUT2D eigenvalue weighted by molar-refractivity contribution is 0.0696. The predicted molar refractivity (Wildman–Crippen MR) is 82.1 cm³/mol. The van der Waals surface area contributed by atoms with Crippen molar-refractivity contribution in [1.82, 2.24) is 4.72 Å². The van der Waals surface area contributed by atoms with Gasteiger partial charge in [0.1, 0.15) is 0 Å². The second-order valence-corrected chi connectivity index (χ2v) is 8.18. The van der Waals surface area contributed by atoms with Gasteiger partial charge in [-0.3, -0.25) is 0 Å². The lowest BCUT2D eigenvalue weighted by Crippen LogP contribution is -2.28. The SMILES string of the molecule is Cc1cc(C)c(S(=O)(=O)NCCC(C)(C)C)cc1C(=O)O. The average Bonchev–Trinajstić information content (AvgIpc) is 2.25. The fraction of sp³-hybridized carbons (Fsp3) is 0.533. The van der Waals surface area contributed by atoms with Gasteiger partial charge in [0.15, 0.2) is 0 Å². The largest absolute Gasteiger partial charge is 0.478 e. The Balaban J connectivity index is 3.08. The summed E-state index contributed by atoms with van der Waals surface area (Å²) in [5.41, 5.74) is 1.13. The summed E-state index contributed by atoms with van der Waals surface area (Å²) in [6.07, 6.45) is 0.697. The van der Waals surface area contributed by atoms with E-state index < -0.39 is 16.0 Å². The van der Waals surface area contributed by atoms with Crippen molar-refractivity contribution in [2.75, 3.05) is 6.54 Å². The summed E-state index contributed by atoms with van der Waals surface area (Å²) in [5, 5.41) is 9.11. The van der Waals surface area contributed by atoms with E-state index in [1.807, 2.05) is 20.8 Å². The van der Waals surface area contributed by atoms with Gasteiger partial charge in [-0.15, -0.1) is 0 Å². The molecule has 0 aliphatic carbocycles. The monoisotopic (exact) mass is 313 g/mol. The normalized spacial score (nSPS) is 12.4. The summed E-state index contributed by atoms with van der Waals surface area (Å²) < 4.78 is 27.2. The van der Waals surface area contributed by atoms with E-state index in [0.717, 1.165) is 0 Å². The minimum Gasteiger partial charge on any atom is -0.478 e. The fourth-order valence-corrected chi connectivity index (χ4v) is 3.27. The highest BCUT2D eigenvalue weighted by molar-refractivity contribution is 7.89. The molecule has 0 heterocycles. The van der Waals surface area contributed by atoms with E-state index in [-0.39, 0.29) is 15.9 Å². The first-order chi connectivity index (χ1) is 9.44. The van der Waals surface area contributed by atoms with Gasteiger partial charge in [-0.25, -0.2) is 17.9 Å². The first kappa shape index (κ1) is 17.7. The van der Waals surface area contributed by atoms with Gasteiger partial charge in [0.25, 0.3) is 0 Å². The second kappa shape index (κ2) is 6.15. The van der Waals surface area contributed by atoms with Gasteiger partial charge in [-0.2, -0.15) is 0 Å². The van der Waals surface area contributed by atoms with E-state index in [2.05, 4.69) is 4.72 Å². The Hall–Kier alpha value is -1.40. The summed E-state index contributed by atoms with van der Waals surface area (Å²) in [6.45, 7) is 9.72.